The summed E-state index contributed by atoms with van der Waals surface area (Å²) in [4.78, 5) is 24.7. The van der Waals surface area contributed by atoms with Crippen LogP contribution in [0.25, 0.3) is 11.2 Å². The van der Waals surface area contributed by atoms with Crippen molar-refractivity contribution in [2.45, 2.75) is 44.2 Å². The molecule has 4 atom stereocenters. The zero-order valence-electron chi connectivity index (χ0n) is 19.1. The van der Waals surface area contributed by atoms with E-state index in [4.69, 9.17) is 29.9 Å². The molecule has 0 spiro atoms. The van der Waals surface area contributed by atoms with Gasteiger partial charge in [-0.2, -0.15) is 8.42 Å². The summed E-state index contributed by atoms with van der Waals surface area (Å²) in [7, 11) is -4.59. The van der Waals surface area contributed by atoms with Crippen molar-refractivity contribution in [3.05, 3.63) is 36.4 Å². The van der Waals surface area contributed by atoms with Gasteiger partial charge < -0.3 is 30.8 Å². The SMILES string of the molecule is CC1(C)O[C@@H]2[C@H](O1)[C@@H](COS(=O)(=O)NC(=O)c1ccc(N)cc1O)O[C@H]2n1cnc2c(N)ncnc21. The molecule has 0 bridgehead atoms. The van der Waals surface area contributed by atoms with E-state index in [0.29, 0.717) is 11.2 Å². The Hall–Kier alpha value is -3.57. The number of phenolic OH excluding ortho intramolecular Hbond substituents is 1. The first-order chi connectivity index (χ1) is 16.9. The number of benzene rings is 1. The molecule has 16 heteroatoms. The molecule has 36 heavy (non-hydrogen) atoms. The fraction of sp³-hybridized carbons (Fsp3) is 0.400. The van der Waals surface area contributed by atoms with Crippen molar-refractivity contribution in [2.24, 2.45) is 0 Å². The van der Waals surface area contributed by atoms with E-state index in [1.54, 1.807) is 23.1 Å². The lowest BCUT2D eigenvalue weighted by Crippen LogP contribution is -2.37. The van der Waals surface area contributed by atoms with Crippen LogP contribution >= 0.6 is 0 Å². The summed E-state index contributed by atoms with van der Waals surface area (Å²) in [6.07, 6.45) is -0.332. The zero-order valence-corrected chi connectivity index (χ0v) is 19.9. The van der Waals surface area contributed by atoms with Gasteiger partial charge in [0.25, 0.3) is 5.91 Å². The Bertz CT molecular complexity index is 1440. The molecule has 2 aliphatic rings. The third-order valence-corrected chi connectivity index (χ3v) is 6.54. The van der Waals surface area contributed by atoms with Gasteiger partial charge in [-0.05, 0) is 26.0 Å². The molecule has 1 aromatic carbocycles. The van der Waals surface area contributed by atoms with E-state index in [0.717, 1.165) is 6.07 Å². The molecule has 0 unspecified atom stereocenters. The largest absolute Gasteiger partial charge is 0.507 e. The maximum Gasteiger partial charge on any atom is 0.362 e. The van der Waals surface area contributed by atoms with Crippen LogP contribution in [0.3, 0.4) is 0 Å². The van der Waals surface area contributed by atoms with E-state index in [9.17, 15) is 18.3 Å². The minimum atomic E-state index is -4.59. The van der Waals surface area contributed by atoms with Crippen LogP contribution in [0.15, 0.2) is 30.9 Å². The molecule has 0 aliphatic carbocycles. The third-order valence-electron chi connectivity index (χ3n) is 5.66. The van der Waals surface area contributed by atoms with Crippen LogP contribution in [-0.4, -0.2) is 69.7 Å². The molecule has 3 aromatic rings. The molecule has 15 nitrogen and oxygen atoms in total. The molecule has 0 saturated carbocycles. The van der Waals surface area contributed by atoms with Crippen molar-refractivity contribution in [3.63, 3.8) is 0 Å². The first kappa shape index (κ1) is 24.1. The van der Waals surface area contributed by atoms with Gasteiger partial charge in [-0.1, -0.05) is 0 Å². The highest BCUT2D eigenvalue weighted by molar-refractivity contribution is 7.85. The maximum atomic E-state index is 12.5. The van der Waals surface area contributed by atoms with Gasteiger partial charge in [0.1, 0.15) is 35.9 Å². The van der Waals surface area contributed by atoms with Crippen LogP contribution < -0.4 is 16.2 Å². The Morgan fingerprint density at radius 2 is 1.97 bits per heavy atom. The molecule has 1 amide bonds. The number of hydrogen-bond donors (Lipinski definition) is 4. The normalized spacial score (nSPS) is 25.2. The second-order valence-corrected chi connectivity index (χ2v) is 10.0. The van der Waals surface area contributed by atoms with Crippen molar-refractivity contribution < 1.29 is 36.7 Å². The summed E-state index contributed by atoms with van der Waals surface area (Å²) < 4.78 is 51.3. The predicted octanol–water partition coefficient (Wildman–Crippen LogP) is -0.195. The topological polar surface area (TPSA) is 216 Å². The molecule has 2 saturated heterocycles. The highest BCUT2D eigenvalue weighted by Crippen LogP contribution is 2.44. The molecule has 2 aromatic heterocycles. The molecular weight excluding hydrogens is 498 g/mol. The maximum absolute atomic E-state index is 12.5. The van der Waals surface area contributed by atoms with E-state index in [1.165, 1.54) is 24.8 Å². The summed E-state index contributed by atoms with van der Waals surface area (Å²) >= 11 is 0. The van der Waals surface area contributed by atoms with Gasteiger partial charge in [-0.15, -0.1) is 0 Å². The van der Waals surface area contributed by atoms with Gasteiger partial charge in [0.15, 0.2) is 23.5 Å². The summed E-state index contributed by atoms with van der Waals surface area (Å²) in [6, 6.07) is 3.64. The average molecular weight is 522 g/mol. The number of ether oxygens (including phenoxy) is 3. The van der Waals surface area contributed by atoms with Crippen LogP contribution in [0.1, 0.15) is 30.4 Å². The number of nitrogen functional groups attached to an aromatic ring is 2. The summed E-state index contributed by atoms with van der Waals surface area (Å²) in [5.41, 5.74) is 12.1. The number of amides is 1. The number of nitrogens with two attached hydrogens (primary N) is 2. The van der Waals surface area contributed by atoms with Crippen molar-refractivity contribution in [1.82, 2.24) is 24.2 Å². The van der Waals surface area contributed by atoms with Gasteiger partial charge in [0.05, 0.1) is 18.5 Å². The quantitative estimate of drug-likeness (QED) is 0.310. The van der Waals surface area contributed by atoms with Crippen LogP contribution in [-0.2, 0) is 28.7 Å². The van der Waals surface area contributed by atoms with Crippen molar-refractivity contribution in [1.29, 1.82) is 0 Å². The van der Waals surface area contributed by atoms with Crippen molar-refractivity contribution in [2.75, 3.05) is 18.1 Å². The van der Waals surface area contributed by atoms with E-state index >= 15 is 0 Å². The number of aromatic nitrogens is 4. The number of anilines is 2. The number of nitrogens with zero attached hydrogens (tertiary/aromatic N) is 4. The van der Waals surface area contributed by atoms with Crippen molar-refractivity contribution in [3.8, 4) is 5.75 Å². The number of rotatable bonds is 6. The van der Waals surface area contributed by atoms with Gasteiger partial charge in [0, 0.05) is 11.8 Å². The standard InChI is InChI=1S/C20H23N7O8S/c1-20(2)34-14-12(6-32-36(30,31)26-18(29)10-4-3-9(21)5-11(10)28)33-19(15(14)35-20)27-8-25-13-16(22)23-7-24-17(13)27/h3-5,7-8,12,14-15,19,28H,6,21H2,1-2H3,(H,26,29)(H2,22,23,24)/t12-,14-,15-,19-/m1/s1. The van der Waals surface area contributed by atoms with Crippen LogP contribution in [0.4, 0.5) is 11.5 Å². The van der Waals surface area contributed by atoms with Crippen LogP contribution in [0.2, 0.25) is 0 Å². The Kier molecular flexibility index (Phi) is 5.72. The van der Waals surface area contributed by atoms with Gasteiger partial charge in [-0.3, -0.25) is 13.5 Å². The molecule has 6 N–H and O–H groups in total. The number of nitrogens with one attached hydrogen (secondary N) is 1. The molecule has 2 fully saturated rings. The molecule has 0 radical (unpaired) electrons. The summed E-state index contributed by atoms with van der Waals surface area (Å²) in [6.45, 7) is 2.92. The predicted molar refractivity (Wildman–Crippen MR) is 122 cm³/mol. The Labute approximate surface area is 204 Å². The van der Waals surface area contributed by atoms with Gasteiger partial charge in [-0.25, -0.2) is 19.7 Å². The fourth-order valence-electron chi connectivity index (χ4n) is 4.17. The van der Waals surface area contributed by atoms with Crippen LogP contribution in [0, 0.1) is 0 Å². The average Bonchev–Trinajstić information content (AvgIpc) is 3.43. The fourth-order valence-corrected chi connectivity index (χ4v) is 4.88. The lowest BCUT2D eigenvalue weighted by molar-refractivity contribution is -0.198. The van der Waals surface area contributed by atoms with E-state index in [1.807, 2.05) is 0 Å². The minimum absolute atomic E-state index is 0.186. The smallest absolute Gasteiger partial charge is 0.362 e. The Morgan fingerprint density at radius 3 is 2.72 bits per heavy atom. The number of hydrogen-bond acceptors (Lipinski definition) is 13. The number of carbonyl (C=O) groups is 1. The molecular formula is C20H23N7O8S. The summed E-state index contributed by atoms with van der Waals surface area (Å²) in [5, 5.41) is 9.87. The third kappa shape index (κ3) is 4.40. The highest BCUT2D eigenvalue weighted by atomic mass is 32.2. The second-order valence-electron chi connectivity index (χ2n) is 8.66. The van der Waals surface area contributed by atoms with E-state index < -0.39 is 58.9 Å². The molecule has 4 heterocycles. The van der Waals surface area contributed by atoms with E-state index in [2.05, 4.69) is 15.0 Å². The van der Waals surface area contributed by atoms with E-state index in [-0.39, 0.29) is 17.1 Å². The number of phenols is 1. The molecule has 2 aliphatic heterocycles. The molecule has 192 valence electrons. The number of fused-ring (bicyclic) bond motifs is 2. The van der Waals surface area contributed by atoms with Crippen molar-refractivity contribution >= 4 is 38.9 Å². The lowest BCUT2D eigenvalue weighted by atomic mass is 10.1. The number of imidazole rings is 1. The number of carbonyl (C=O) groups excluding carboxylic acids is 1. The van der Waals surface area contributed by atoms with Gasteiger partial charge in [0.2, 0.25) is 0 Å². The Balaban J connectivity index is 1.33. The zero-order chi connectivity index (χ0) is 25.8. The first-order valence-corrected chi connectivity index (χ1v) is 12.1. The Morgan fingerprint density at radius 1 is 1.22 bits per heavy atom. The monoisotopic (exact) mass is 521 g/mol. The second kappa shape index (κ2) is 8.52. The molecule has 5 rings (SSSR count). The highest BCUT2D eigenvalue weighted by Gasteiger charge is 2.56. The first-order valence-electron chi connectivity index (χ1n) is 10.7. The minimum Gasteiger partial charge on any atom is -0.507 e. The lowest BCUT2D eigenvalue weighted by Gasteiger charge is -2.24. The number of aromatic hydroxyl groups is 1. The van der Waals surface area contributed by atoms with Gasteiger partial charge >= 0.3 is 10.3 Å². The van der Waals surface area contributed by atoms with Crippen LogP contribution in [0.5, 0.6) is 5.75 Å². The summed E-state index contributed by atoms with van der Waals surface area (Å²) in [5.74, 6) is -2.38.